The Morgan fingerprint density at radius 1 is 1.44 bits per heavy atom. The first-order valence-electron chi connectivity index (χ1n) is 5.63. The van der Waals surface area contributed by atoms with Gasteiger partial charge >= 0.3 is 0 Å². The smallest absolute Gasteiger partial charge is 0.0995 e. The normalized spacial score (nSPS) is 14.1. The lowest BCUT2D eigenvalue weighted by atomic mass is 9.95. The highest BCUT2D eigenvalue weighted by molar-refractivity contribution is 5.39. The molecule has 2 atom stereocenters. The van der Waals surface area contributed by atoms with Crippen LogP contribution in [0.25, 0.3) is 0 Å². The van der Waals surface area contributed by atoms with Crippen LogP contribution in [0.2, 0.25) is 0 Å². The highest BCUT2D eigenvalue weighted by Crippen LogP contribution is 2.21. The maximum atomic E-state index is 9.89. The van der Waals surface area contributed by atoms with Crippen molar-refractivity contribution in [2.24, 2.45) is 5.73 Å². The Hall–Kier alpha value is -1.37. The Morgan fingerprint density at radius 2 is 2.12 bits per heavy atom. The number of hydrogen-bond acceptors (Lipinski definition) is 3. The molecule has 0 amide bonds. The number of nitrogens with two attached hydrogens (primary N) is 1. The van der Waals surface area contributed by atoms with E-state index in [2.05, 4.69) is 13.0 Å². The molecule has 1 rings (SSSR count). The summed E-state index contributed by atoms with van der Waals surface area (Å²) in [4.78, 5) is 0. The molecule has 0 aliphatic heterocycles. The summed E-state index contributed by atoms with van der Waals surface area (Å²) in [5.41, 5.74) is 7.23. The van der Waals surface area contributed by atoms with Gasteiger partial charge in [-0.25, -0.2) is 0 Å². The van der Waals surface area contributed by atoms with Crippen molar-refractivity contribution in [1.82, 2.24) is 0 Å². The van der Waals surface area contributed by atoms with Gasteiger partial charge in [-0.15, -0.1) is 0 Å². The number of hydrogen-bond donors (Lipinski definition) is 2. The van der Waals surface area contributed by atoms with Crippen LogP contribution < -0.4 is 5.73 Å². The fourth-order valence-corrected chi connectivity index (χ4v) is 1.69. The highest BCUT2D eigenvalue weighted by Gasteiger charge is 2.18. The van der Waals surface area contributed by atoms with Crippen molar-refractivity contribution < 1.29 is 5.11 Å². The van der Waals surface area contributed by atoms with E-state index in [-0.39, 0.29) is 0 Å². The average Bonchev–Trinajstić information content (AvgIpc) is 2.34. The van der Waals surface area contributed by atoms with Crippen molar-refractivity contribution >= 4 is 0 Å². The Bertz CT molecular complexity index is 370. The second-order valence-corrected chi connectivity index (χ2v) is 3.93. The third kappa shape index (κ3) is 3.06. The Balaban J connectivity index is 2.79. The van der Waals surface area contributed by atoms with Crippen LogP contribution in [0, 0.1) is 11.3 Å². The van der Waals surface area contributed by atoms with E-state index in [0.717, 1.165) is 18.4 Å². The van der Waals surface area contributed by atoms with Crippen LogP contribution in [0.15, 0.2) is 24.3 Å². The molecule has 0 aromatic heterocycles. The Labute approximate surface area is 96.5 Å². The van der Waals surface area contributed by atoms with E-state index in [9.17, 15) is 5.11 Å². The number of unbranched alkanes of at least 4 members (excludes halogenated alkanes) is 1. The molecule has 0 spiro atoms. The number of aliphatic hydroxyl groups is 1. The predicted molar refractivity (Wildman–Crippen MR) is 63.6 cm³/mol. The summed E-state index contributed by atoms with van der Waals surface area (Å²) < 4.78 is 0. The second kappa shape index (κ2) is 6.26. The zero-order valence-corrected chi connectivity index (χ0v) is 9.56. The summed E-state index contributed by atoms with van der Waals surface area (Å²) in [5.74, 6) is 0. The van der Waals surface area contributed by atoms with Crippen LogP contribution in [0.4, 0.5) is 0 Å². The lowest BCUT2D eigenvalue weighted by Gasteiger charge is -2.19. The van der Waals surface area contributed by atoms with Gasteiger partial charge in [-0.2, -0.15) is 5.26 Å². The van der Waals surface area contributed by atoms with Crippen LogP contribution in [-0.2, 0) is 0 Å². The van der Waals surface area contributed by atoms with E-state index in [1.807, 2.05) is 6.07 Å². The molecule has 0 saturated heterocycles. The van der Waals surface area contributed by atoms with Crippen molar-refractivity contribution in [3.05, 3.63) is 35.4 Å². The van der Waals surface area contributed by atoms with Gasteiger partial charge in [-0.3, -0.25) is 0 Å². The molecular formula is C13H18N2O. The minimum atomic E-state index is -0.575. The van der Waals surface area contributed by atoms with Gasteiger partial charge in [0.15, 0.2) is 0 Å². The number of rotatable bonds is 5. The summed E-state index contributed by atoms with van der Waals surface area (Å²) in [6, 6.07) is 8.79. The molecule has 0 bridgehead atoms. The Kier molecular flexibility index (Phi) is 4.97. The van der Waals surface area contributed by atoms with Gasteiger partial charge in [-0.1, -0.05) is 38.0 Å². The molecule has 0 saturated carbocycles. The third-order valence-electron chi connectivity index (χ3n) is 2.71. The molecule has 3 N–H and O–H groups in total. The summed E-state index contributed by atoms with van der Waals surface area (Å²) in [6.07, 6.45) is 2.08. The number of aliphatic hydroxyl groups excluding tert-OH is 1. The van der Waals surface area contributed by atoms with Crippen LogP contribution in [-0.4, -0.2) is 11.2 Å². The number of nitrogens with zero attached hydrogens (tertiary/aromatic N) is 1. The summed E-state index contributed by atoms with van der Waals surface area (Å²) in [7, 11) is 0. The highest BCUT2D eigenvalue weighted by atomic mass is 16.3. The van der Waals surface area contributed by atoms with Gasteiger partial charge in [0.25, 0.3) is 0 Å². The van der Waals surface area contributed by atoms with E-state index in [1.54, 1.807) is 18.2 Å². The quantitative estimate of drug-likeness (QED) is 0.795. The predicted octanol–water partition coefficient (Wildman–Crippen LogP) is 2.11. The van der Waals surface area contributed by atoms with Gasteiger partial charge in [0.05, 0.1) is 23.8 Å². The second-order valence-electron chi connectivity index (χ2n) is 3.93. The molecule has 1 aromatic rings. The fraction of sp³-hybridized carbons (Fsp3) is 0.462. The monoisotopic (exact) mass is 218 g/mol. The van der Waals surface area contributed by atoms with Crippen molar-refractivity contribution in [3.8, 4) is 6.07 Å². The summed E-state index contributed by atoms with van der Waals surface area (Å²) in [5, 5.41) is 18.8. The minimum Gasteiger partial charge on any atom is -0.391 e. The topological polar surface area (TPSA) is 70.0 Å². The van der Waals surface area contributed by atoms with E-state index in [4.69, 9.17) is 11.0 Å². The molecule has 0 aliphatic rings. The van der Waals surface area contributed by atoms with Crippen molar-refractivity contribution in [2.75, 3.05) is 0 Å². The zero-order chi connectivity index (χ0) is 12.0. The maximum absolute atomic E-state index is 9.89. The first-order valence-corrected chi connectivity index (χ1v) is 5.63. The Morgan fingerprint density at radius 3 is 2.75 bits per heavy atom. The third-order valence-corrected chi connectivity index (χ3v) is 2.71. The average molecular weight is 218 g/mol. The van der Waals surface area contributed by atoms with Crippen LogP contribution in [0.1, 0.15) is 43.4 Å². The lowest BCUT2D eigenvalue weighted by molar-refractivity contribution is 0.132. The number of nitriles is 1. The van der Waals surface area contributed by atoms with Crippen LogP contribution >= 0.6 is 0 Å². The standard InChI is InChI=1S/C13H18N2O/c1-2-3-8-12(16)13(15)11-7-5-4-6-10(11)9-14/h4-7,12-13,16H,2-3,8,15H2,1H3/t12-,13+/m0/s1. The zero-order valence-electron chi connectivity index (χ0n) is 9.56. The van der Waals surface area contributed by atoms with Crippen molar-refractivity contribution in [2.45, 2.75) is 38.3 Å². The van der Waals surface area contributed by atoms with Gasteiger partial charge in [0.2, 0.25) is 0 Å². The first kappa shape index (κ1) is 12.7. The largest absolute Gasteiger partial charge is 0.391 e. The molecule has 0 fully saturated rings. The molecule has 3 heteroatoms. The minimum absolute atomic E-state index is 0.470. The van der Waals surface area contributed by atoms with Crippen LogP contribution in [0.3, 0.4) is 0 Å². The first-order chi connectivity index (χ1) is 7.70. The van der Waals surface area contributed by atoms with Crippen molar-refractivity contribution in [3.63, 3.8) is 0 Å². The van der Waals surface area contributed by atoms with E-state index < -0.39 is 12.1 Å². The summed E-state index contributed by atoms with van der Waals surface area (Å²) >= 11 is 0. The molecule has 3 nitrogen and oxygen atoms in total. The molecular weight excluding hydrogens is 200 g/mol. The van der Waals surface area contributed by atoms with Crippen molar-refractivity contribution in [1.29, 1.82) is 5.26 Å². The molecule has 0 aliphatic carbocycles. The van der Waals surface area contributed by atoms with Gasteiger partial charge in [0.1, 0.15) is 0 Å². The van der Waals surface area contributed by atoms with E-state index in [1.165, 1.54) is 0 Å². The fourth-order valence-electron chi connectivity index (χ4n) is 1.69. The van der Waals surface area contributed by atoms with E-state index in [0.29, 0.717) is 12.0 Å². The molecule has 0 radical (unpaired) electrons. The maximum Gasteiger partial charge on any atom is 0.0995 e. The lowest BCUT2D eigenvalue weighted by Crippen LogP contribution is -2.26. The van der Waals surface area contributed by atoms with Gasteiger partial charge in [0, 0.05) is 0 Å². The SMILES string of the molecule is CCCC[C@H](O)[C@H](N)c1ccccc1C#N. The number of benzene rings is 1. The molecule has 0 unspecified atom stereocenters. The molecule has 0 heterocycles. The molecule has 16 heavy (non-hydrogen) atoms. The molecule has 1 aromatic carbocycles. The van der Waals surface area contributed by atoms with Crippen LogP contribution in [0.5, 0.6) is 0 Å². The van der Waals surface area contributed by atoms with E-state index >= 15 is 0 Å². The summed E-state index contributed by atoms with van der Waals surface area (Å²) in [6.45, 7) is 2.07. The van der Waals surface area contributed by atoms with Gasteiger partial charge < -0.3 is 10.8 Å². The molecule has 86 valence electrons. The van der Waals surface area contributed by atoms with Gasteiger partial charge in [-0.05, 0) is 18.1 Å².